The number of rotatable bonds is 5. The number of hydrogen-bond acceptors (Lipinski definition) is 5. The number of nitrogens with one attached hydrogen (secondary N) is 1. The van der Waals surface area contributed by atoms with E-state index in [1.54, 1.807) is 12.3 Å². The molecule has 5 heteroatoms. The molecule has 0 bridgehead atoms. The topological polar surface area (TPSA) is 51.2 Å². The average molecular weight is 254 g/mol. The van der Waals surface area contributed by atoms with E-state index in [2.05, 4.69) is 24.1 Å². The zero-order valence-corrected chi connectivity index (χ0v) is 11.3. The van der Waals surface area contributed by atoms with Gasteiger partial charge in [0.05, 0.1) is 6.61 Å². The summed E-state index contributed by atoms with van der Waals surface area (Å²) in [5, 5.41) is 5.93. The molecule has 0 aliphatic heterocycles. The summed E-state index contributed by atoms with van der Waals surface area (Å²) in [5.41, 5.74) is 0.454. The normalized spacial score (nSPS) is 15.7. The Morgan fingerprint density at radius 2 is 2.35 bits per heavy atom. The number of hydrogen-bond donors (Lipinski definition) is 1. The molecule has 0 saturated heterocycles. The van der Waals surface area contributed by atoms with Crippen LogP contribution in [0.3, 0.4) is 0 Å². The van der Waals surface area contributed by atoms with E-state index < -0.39 is 0 Å². The van der Waals surface area contributed by atoms with E-state index >= 15 is 0 Å². The molecular formula is C12H18N2O2S. The molecule has 1 aliphatic carbocycles. The van der Waals surface area contributed by atoms with Gasteiger partial charge in [0, 0.05) is 10.9 Å². The van der Waals surface area contributed by atoms with E-state index in [0.717, 1.165) is 11.0 Å². The number of nitrogens with zero attached hydrogens (tertiary/aromatic N) is 1. The summed E-state index contributed by atoms with van der Waals surface area (Å²) in [5.74, 6) is 0.374. The SMILES string of the molecule is CCOC(=O)c1csc(NC(C)(C)C2CC2)n1. The molecule has 1 fully saturated rings. The number of esters is 1. The van der Waals surface area contributed by atoms with Gasteiger partial charge in [-0.3, -0.25) is 0 Å². The Hall–Kier alpha value is -1.10. The van der Waals surface area contributed by atoms with Gasteiger partial charge >= 0.3 is 5.97 Å². The Morgan fingerprint density at radius 3 is 2.94 bits per heavy atom. The number of anilines is 1. The van der Waals surface area contributed by atoms with E-state index in [4.69, 9.17) is 4.74 Å². The summed E-state index contributed by atoms with van der Waals surface area (Å²) in [7, 11) is 0. The van der Waals surface area contributed by atoms with Crippen molar-refractivity contribution in [2.24, 2.45) is 5.92 Å². The fraction of sp³-hybridized carbons (Fsp3) is 0.667. The third-order valence-corrected chi connectivity index (χ3v) is 3.77. The van der Waals surface area contributed by atoms with E-state index in [9.17, 15) is 4.79 Å². The molecule has 1 N–H and O–H groups in total. The molecule has 2 rings (SSSR count). The highest BCUT2D eigenvalue weighted by atomic mass is 32.1. The number of ether oxygens (including phenoxy) is 1. The Balaban J connectivity index is 2.00. The lowest BCUT2D eigenvalue weighted by Crippen LogP contribution is -2.33. The zero-order valence-electron chi connectivity index (χ0n) is 10.4. The van der Waals surface area contributed by atoms with E-state index in [-0.39, 0.29) is 11.5 Å². The number of carbonyl (C=O) groups is 1. The molecular weight excluding hydrogens is 236 g/mol. The highest BCUT2D eigenvalue weighted by molar-refractivity contribution is 7.13. The number of thiazole rings is 1. The van der Waals surface area contributed by atoms with Crippen molar-refractivity contribution in [2.45, 2.75) is 39.2 Å². The second kappa shape index (κ2) is 4.64. The summed E-state index contributed by atoms with van der Waals surface area (Å²) < 4.78 is 4.91. The van der Waals surface area contributed by atoms with Gasteiger partial charge in [0.1, 0.15) is 0 Å². The van der Waals surface area contributed by atoms with Crippen molar-refractivity contribution < 1.29 is 9.53 Å². The first-order valence-corrected chi connectivity index (χ1v) is 6.81. The van der Waals surface area contributed by atoms with Crippen LogP contribution in [0.15, 0.2) is 5.38 Å². The van der Waals surface area contributed by atoms with Crippen molar-refractivity contribution in [3.63, 3.8) is 0 Å². The van der Waals surface area contributed by atoms with Crippen LogP contribution in [0.1, 0.15) is 44.1 Å². The van der Waals surface area contributed by atoms with Crippen molar-refractivity contribution in [1.29, 1.82) is 0 Å². The molecule has 94 valence electrons. The second-order valence-electron chi connectivity index (χ2n) is 4.88. The molecule has 1 aromatic heterocycles. The Bertz CT molecular complexity index is 410. The molecule has 4 nitrogen and oxygen atoms in total. The standard InChI is InChI=1S/C12H18N2O2S/c1-4-16-10(15)9-7-17-11(13-9)14-12(2,3)8-5-6-8/h7-8H,4-6H2,1-3H3,(H,13,14). The minimum absolute atomic E-state index is 0.0593. The predicted octanol–water partition coefficient (Wildman–Crippen LogP) is 2.92. The predicted molar refractivity (Wildman–Crippen MR) is 68.5 cm³/mol. The lowest BCUT2D eigenvalue weighted by atomic mass is 9.99. The number of aromatic nitrogens is 1. The van der Waals surface area contributed by atoms with Gasteiger partial charge in [0.25, 0.3) is 0 Å². The van der Waals surface area contributed by atoms with Crippen LogP contribution >= 0.6 is 11.3 Å². The first-order chi connectivity index (χ1) is 8.03. The first kappa shape index (κ1) is 12.4. The monoisotopic (exact) mass is 254 g/mol. The molecule has 0 radical (unpaired) electrons. The van der Waals surface area contributed by atoms with Crippen LogP contribution in [0, 0.1) is 5.92 Å². The summed E-state index contributed by atoms with van der Waals surface area (Å²) >= 11 is 1.45. The van der Waals surface area contributed by atoms with E-state index in [0.29, 0.717) is 12.3 Å². The largest absolute Gasteiger partial charge is 0.461 e. The van der Waals surface area contributed by atoms with Crippen LogP contribution in [-0.2, 0) is 4.74 Å². The number of carbonyl (C=O) groups excluding carboxylic acids is 1. The van der Waals surface area contributed by atoms with Crippen LogP contribution in [0.25, 0.3) is 0 Å². The van der Waals surface area contributed by atoms with Crippen LogP contribution in [0.4, 0.5) is 5.13 Å². The zero-order chi connectivity index (χ0) is 12.5. The molecule has 0 spiro atoms. The summed E-state index contributed by atoms with van der Waals surface area (Å²) in [6.07, 6.45) is 2.55. The van der Waals surface area contributed by atoms with Crippen LogP contribution in [0.5, 0.6) is 0 Å². The highest BCUT2D eigenvalue weighted by Crippen LogP contribution is 2.41. The fourth-order valence-electron chi connectivity index (χ4n) is 1.81. The molecule has 0 unspecified atom stereocenters. The van der Waals surface area contributed by atoms with E-state index in [1.165, 1.54) is 24.2 Å². The molecule has 0 aromatic carbocycles. The Morgan fingerprint density at radius 1 is 1.65 bits per heavy atom. The Kier molecular flexibility index (Phi) is 3.38. The van der Waals surface area contributed by atoms with Gasteiger partial charge in [-0.25, -0.2) is 9.78 Å². The molecule has 0 atom stereocenters. The van der Waals surface area contributed by atoms with Crippen molar-refractivity contribution >= 4 is 22.4 Å². The van der Waals surface area contributed by atoms with Gasteiger partial charge in [-0.2, -0.15) is 0 Å². The molecule has 1 heterocycles. The highest BCUT2D eigenvalue weighted by Gasteiger charge is 2.38. The van der Waals surface area contributed by atoms with Gasteiger partial charge < -0.3 is 10.1 Å². The lowest BCUT2D eigenvalue weighted by Gasteiger charge is -2.25. The van der Waals surface area contributed by atoms with Crippen molar-refractivity contribution in [1.82, 2.24) is 4.98 Å². The average Bonchev–Trinajstić information content (AvgIpc) is 3.01. The molecule has 1 aliphatic rings. The summed E-state index contributed by atoms with van der Waals surface area (Å²) in [6.45, 7) is 6.53. The fourth-order valence-corrected chi connectivity index (χ4v) is 2.66. The maximum absolute atomic E-state index is 11.5. The molecule has 0 amide bonds. The third kappa shape index (κ3) is 2.97. The molecule has 17 heavy (non-hydrogen) atoms. The first-order valence-electron chi connectivity index (χ1n) is 5.93. The minimum Gasteiger partial charge on any atom is -0.461 e. The maximum atomic E-state index is 11.5. The van der Waals surface area contributed by atoms with Crippen molar-refractivity contribution in [3.05, 3.63) is 11.1 Å². The van der Waals surface area contributed by atoms with Crippen LogP contribution in [0.2, 0.25) is 0 Å². The minimum atomic E-state index is -0.346. The third-order valence-electron chi connectivity index (χ3n) is 3.02. The molecule has 1 saturated carbocycles. The van der Waals surface area contributed by atoms with Gasteiger partial charge in [0.2, 0.25) is 0 Å². The lowest BCUT2D eigenvalue weighted by molar-refractivity contribution is 0.0520. The van der Waals surface area contributed by atoms with Crippen molar-refractivity contribution in [3.8, 4) is 0 Å². The van der Waals surface area contributed by atoms with Crippen LogP contribution in [-0.4, -0.2) is 23.1 Å². The summed E-state index contributed by atoms with van der Waals surface area (Å²) in [4.78, 5) is 15.7. The van der Waals surface area contributed by atoms with Gasteiger partial charge in [-0.15, -0.1) is 11.3 Å². The van der Waals surface area contributed by atoms with Crippen LogP contribution < -0.4 is 5.32 Å². The van der Waals surface area contributed by atoms with Gasteiger partial charge in [-0.05, 0) is 39.5 Å². The van der Waals surface area contributed by atoms with Gasteiger partial charge in [0.15, 0.2) is 10.8 Å². The van der Waals surface area contributed by atoms with Gasteiger partial charge in [-0.1, -0.05) is 0 Å². The Labute approximate surface area is 105 Å². The second-order valence-corrected chi connectivity index (χ2v) is 5.74. The van der Waals surface area contributed by atoms with E-state index in [1.807, 2.05) is 0 Å². The summed E-state index contributed by atoms with van der Waals surface area (Å²) in [6, 6.07) is 0. The quantitative estimate of drug-likeness (QED) is 0.821. The smallest absolute Gasteiger partial charge is 0.357 e. The maximum Gasteiger partial charge on any atom is 0.357 e. The van der Waals surface area contributed by atoms with Crippen molar-refractivity contribution in [2.75, 3.05) is 11.9 Å². The molecule has 1 aromatic rings.